The van der Waals surface area contributed by atoms with Gasteiger partial charge in [-0.15, -0.1) is 0 Å². The average Bonchev–Trinajstić information content (AvgIpc) is 1.93. The van der Waals surface area contributed by atoms with Crippen LogP contribution in [0.5, 0.6) is 0 Å². The molecule has 0 saturated heterocycles. The quantitative estimate of drug-likeness (QED) is 0.614. The van der Waals surface area contributed by atoms with Crippen molar-refractivity contribution in [3.05, 3.63) is 28.8 Å². The van der Waals surface area contributed by atoms with Crippen LogP contribution in [0.25, 0.3) is 0 Å². The largest absolute Gasteiger partial charge is 0.269 e. The minimum absolute atomic E-state index is 0. The third-order valence-corrected chi connectivity index (χ3v) is 2.45. The second-order valence-corrected chi connectivity index (χ2v) is 3.07. The molecular formula is C9H14F3S. The first-order chi connectivity index (χ1) is 4.63. The Hall–Kier alpha value is -0.770. The minimum Gasteiger partial charge on any atom is -0.269 e. The van der Waals surface area contributed by atoms with Gasteiger partial charge in [0.25, 0.3) is 0 Å². The van der Waals surface area contributed by atoms with Gasteiger partial charge in [-0.25, -0.2) is 0 Å². The first-order valence-electron chi connectivity index (χ1n) is 3.36. The van der Waals surface area contributed by atoms with Gasteiger partial charge in [-0.2, -0.15) is 0 Å². The van der Waals surface area contributed by atoms with Crippen LogP contribution in [0.15, 0.2) is 17.0 Å². The third-order valence-electron chi connectivity index (χ3n) is 2.01. The van der Waals surface area contributed by atoms with Gasteiger partial charge in [-0.05, 0) is 43.5 Å². The van der Waals surface area contributed by atoms with E-state index in [2.05, 4.69) is 26.8 Å². The molecule has 0 atom stereocenters. The topological polar surface area (TPSA) is 0 Å². The molecule has 1 rings (SSSR count). The van der Waals surface area contributed by atoms with E-state index < -0.39 is 0 Å². The Labute approximate surface area is 81.9 Å². The van der Waals surface area contributed by atoms with Gasteiger partial charge in [0.1, 0.15) is 0 Å². The van der Waals surface area contributed by atoms with Crippen molar-refractivity contribution in [3.8, 4) is 0 Å². The Kier molecular flexibility index (Phi) is 9.35. The predicted molar refractivity (Wildman–Crippen MR) is 54.0 cm³/mol. The molecule has 0 nitrogen and oxygen atoms in total. The van der Waals surface area contributed by atoms with Crippen LogP contribution in [0.3, 0.4) is 0 Å². The summed E-state index contributed by atoms with van der Waals surface area (Å²) in [5.74, 6) is 0. The number of rotatable bonds is 0. The number of hydrogen-bond acceptors (Lipinski definition) is 0. The second-order valence-electron chi connectivity index (χ2n) is 2.63. The highest BCUT2D eigenvalue weighted by molar-refractivity contribution is 7.80. The standard InChI is InChI=1S/C9H11S.3FH/c1-6-4-5-9(10)8(3)7(6)2;;;/h4-5H,1-3H3;3*1H. The summed E-state index contributed by atoms with van der Waals surface area (Å²) in [5.41, 5.74) is 3.90. The molecule has 1 radical (unpaired) electrons. The molecule has 13 heavy (non-hydrogen) atoms. The van der Waals surface area contributed by atoms with Crippen LogP contribution in [0.4, 0.5) is 14.1 Å². The summed E-state index contributed by atoms with van der Waals surface area (Å²) < 4.78 is 0. The lowest BCUT2D eigenvalue weighted by atomic mass is 10.1. The molecule has 0 unspecified atom stereocenters. The molecule has 0 heterocycles. The summed E-state index contributed by atoms with van der Waals surface area (Å²) in [6, 6.07) is 4.07. The molecule has 0 aliphatic rings. The molecular weight excluding hydrogens is 197 g/mol. The van der Waals surface area contributed by atoms with Crippen LogP contribution >= 0.6 is 12.6 Å². The summed E-state index contributed by atoms with van der Waals surface area (Å²) in [6.45, 7) is 6.29. The van der Waals surface area contributed by atoms with Gasteiger partial charge >= 0.3 is 0 Å². The Balaban J connectivity index is -0.000000333. The zero-order valence-electron chi connectivity index (χ0n) is 7.79. The minimum atomic E-state index is 0. The first kappa shape index (κ1) is 18.1. The van der Waals surface area contributed by atoms with Crippen molar-refractivity contribution in [2.75, 3.05) is 0 Å². The monoisotopic (exact) mass is 211 g/mol. The Morgan fingerprint density at radius 2 is 1.31 bits per heavy atom. The van der Waals surface area contributed by atoms with Crippen molar-refractivity contribution in [2.24, 2.45) is 0 Å². The normalized spacial score (nSPS) is 7.62. The van der Waals surface area contributed by atoms with E-state index in [0.29, 0.717) is 0 Å². The Morgan fingerprint density at radius 1 is 0.846 bits per heavy atom. The highest BCUT2D eigenvalue weighted by atomic mass is 32.1. The number of hydrogen-bond donors (Lipinski definition) is 0. The first-order valence-corrected chi connectivity index (χ1v) is 3.77. The molecule has 0 amide bonds. The van der Waals surface area contributed by atoms with Gasteiger partial charge in [-0.1, -0.05) is 18.7 Å². The molecule has 0 N–H and O–H groups in total. The molecule has 0 aliphatic heterocycles. The fourth-order valence-electron chi connectivity index (χ4n) is 0.931. The summed E-state index contributed by atoms with van der Waals surface area (Å²) in [5, 5.41) is 0. The number of benzene rings is 1. The van der Waals surface area contributed by atoms with Gasteiger partial charge in [0.15, 0.2) is 0 Å². The van der Waals surface area contributed by atoms with Gasteiger partial charge in [0.05, 0.1) is 0 Å². The van der Waals surface area contributed by atoms with Gasteiger partial charge in [-0.3, -0.25) is 14.1 Å². The number of aryl methyl sites for hydroxylation is 1. The van der Waals surface area contributed by atoms with Crippen molar-refractivity contribution in [2.45, 2.75) is 25.7 Å². The molecule has 0 fully saturated rings. The van der Waals surface area contributed by atoms with Crippen molar-refractivity contribution < 1.29 is 14.1 Å². The van der Waals surface area contributed by atoms with Crippen LogP contribution in [0.1, 0.15) is 16.7 Å². The summed E-state index contributed by atoms with van der Waals surface area (Å²) in [7, 11) is 0. The SMILES string of the molecule is Cc1ccc([S])c(C)c1C.F.F.F. The molecule has 0 aromatic heterocycles. The van der Waals surface area contributed by atoms with Crippen LogP contribution in [-0.2, 0) is 0 Å². The smallest absolute Gasteiger partial charge is 0.0409 e. The molecule has 0 aliphatic carbocycles. The van der Waals surface area contributed by atoms with Crippen LogP contribution in [0.2, 0.25) is 0 Å². The van der Waals surface area contributed by atoms with Crippen LogP contribution in [0, 0.1) is 20.8 Å². The maximum Gasteiger partial charge on any atom is 0.0409 e. The van der Waals surface area contributed by atoms with Gasteiger partial charge in [0, 0.05) is 4.90 Å². The molecule has 0 bridgehead atoms. The van der Waals surface area contributed by atoms with Gasteiger partial charge < -0.3 is 0 Å². The van der Waals surface area contributed by atoms with E-state index in [1.807, 2.05) is 6.07 Å². The molecule has 4 heteroatoms. The third kappa shape index (κ3) is 3.63. The fourth-order valence-corrected chi connectivity index (χ4v) is 1.15. The fraction of sp³-hybridized carbons (Fsp3) is 0.333. The van der Waals surface area contributed by atoms with E-state index in [4.69, 9.17) is 12.6 Å². The highest BCUT2D eigenvalue weighted by Crippen LogP contribution is 2.19. The lowest BCUT2D eigenvalue weighted by Crippen LogP contribution is -1.86. The Morgan fingerprint density at radius 3 is 1.69 bits per heavy atom. The van der Waals surface area contributed by atoms with E-state index in [-0.39, 0.29) is 14.1 Å². The maximum atomic E-state index is 5.10. The van der Waals surface area contributed by atoms with Crippen molar-refractivity contribution in [1.29, 1.82) is 0 Å². The molecule has 0 spiro atoms. The van der Waals surface area contributed by atoms with Crippen molar-refractivity contribution in [1.82, 2.24) is 0 Å². The van der Waals surface area contributed by atoms with E-state index in [0.717, 1.165) is 4.90 Å². The molecule has 1 aromatic rings. The van der Waals surface area contributed by atoms with E-state index in [9.17, 15) is 0 Å². The molecule has 1 aromatic carbocycles. The van der Waals surface area contributed by atoms with E-state index in [1.165, 1.54) is 16.7 Å². The summed E-state index contributed by atoms with van der Waals surface area (Å²) >= 11 is 5.10. The Bertz CT molecular complexity index is 234. The lowest BCUT2D eigenvalue weighted by molar-refractivity contribution is 1.11. The zero-order chi connectivity index (χ0) is 7.72. The maximum absolute atomic E-state index is 5.10. The van der Waals surface area contributed by atoms with E-state index >= 15 is 0 Å². The van der Waals surface area contributed by atoms with Crippen molar-refractivity contribution in [3.63, 3.8) is 0 Å². The number of halogens is 3. The molecule has 77 valence electrons. The van der Waals surface area contributed by atoms with E-state index in [1.54, 1.807) is 0 Å². The van der Waals surface area contributed by atoms with Gasteiger partial charge in [0.2, 0.25) is 0 Å². The second kappa shape index (κ2) is 6.71. The lowest BCUT2D eigenvalue weighted by Gasteiger charge is -2.04. The van der Waals surface area contributed by atoms with Crippen LogP contribution < -0.4 is 0 Å². The van der Waals surface area contributed by atoms with Crippen molar-refractivity contribution >= 4 is 12.6 Å². The zero-order valence-corrected chi connectivity index (χ0v) is 8.60. The predicted octanol–water partition coefficient (Wildman–Crippen LogP) is 3.63. The highest BCUT2D eigenvalue weighted by Gasteiger charge is 1.99. The summed E-state index contributed by atoms with van der Waals surface area (Å²) in [6.07, 6.45) is 0. The van der Waals surface area contributed by atoms with Crippen LogP contribution in [-0.4, -0.2) is 0 Å². The average molecular weight is 211 g/mol. The summed E-state index contributed by atoms with van der Waals surface area (Å²) in [4.78, 5) is 0.975. The molecule has 0 saturated carbocycles.